The van der Waals surface area contributed by atoms with Crippen LogP contribution in [0.2, 0.25) is 0 Å². The van der Waals surface area contributed by atoms with E-state index in [1.807, 2.05) is 31.2 Å². The first kappa shape index (κ1) is 18.8. The van der Waals surface area contributed by atoms with Crippen molar-refractivity contribution in [2.45, 2.75) is 39.0 Å². The van der Waals surface area contributed by atoms with Crippen molar-refractivity contribution < 1.29 is 9.59 Å². The summed E-state index contributed by atoms with van der Waals surface area (Å²) >= 11 is 0. The van der Waals surface area contributed by atoms with Gasteiger partial charge in [0.05, 0.1) is 11.3 Å². The van der Waals surface area contributed by atoms with Crippen LogP contribution in [0, 0.1) is 5.92 Å². The van der Waals surface area contributed by atoms with Crippen LogP contribution in [-0.4, -0.2) is 22.5 Å². The first-order valence-electron chi connectivity index (χ1n) is 9.29. The highest BCUT2D eigenvalue weighted by Gasteiger charge is 2.21. The van der Waals surface area contributed by atoms with Gasteiger partial charge in [0, 0.05) is 24.0 Å². The number of benzene rings is 1. The molecule has 1 aliphatic rings. The number of rotatable bonds is 5. The number of carbonyl (C=O) groups excluding carboxylic acids is 2. The smallest absolute Gasteiger partial charge is 0.272 e. The van der Waals surface area contributed by atoms with Gasteiger partial charge in [-0.15, -0.1) is 0 Å². The van der Waals surface area contributed by atoms with Gasteiger partial charge >= 0.3 is 0 Å². The number of amides is 2. The van der Waals surface area contributed by atoms with Gasteiger partial charge in [-0.25, -0.2) is 5.43 Å². The van der Waals surface area contributed by atoms with Crippen molar-refractivity contribution >= 4 is 23.2 Å². The van der Waals surface area contributed by atoms with Crippen LogP contribution in [0.4, 0.5) is 5.69 Å². The normalized spacial score (nSPS) is 15.2. The number of nitrogens with zero attached hydrogens (tertiary/aromatic N) is 2. The molecule has 1 aromatic heterocycles. The van der Waals surface area contributed by atoms with E-state index in [-0.39, 0.29) is 17.7 Å². The summed E-state index contributed by atoms with van der Waals surface area (Å²) < 4.78 is 0. The Bertz CT molecular complexity index is 827. The summed E-state index contributed by atoms with van der Waals surface area (Å²) in [5, 5.41) is 7.17. The molecule has 0 unspecified atom stereocenters. The Morgan fingerprint density at radius 2 is 1.85 bits per heavy atom. The van der Waals surface area contributed by atoms with Gasteiger partial charge in [0.25, 0.3) is 5.91 Å². The molecule has 0 bridgehead atoms. The van der Waals surface area contributed by atoms with Crippen molar-refractivity contribution in [1.82, 2.24) is 10.4 Å². The predicted octanol–water partition coefficient (Wildman–Crippen LogP) is 3.75. The van der Waals surface area contributed by atoms with Crippen LogP contribution in [0.25, 0.3) is 0 Å². The fourth-order valence-electron chi connectivity index (χ4n) is 3.19. The minimum absolute atomic E-state index is 0.0892. The van der Waals surface area contributed by atoms with Crippen LogP contribution in [-0.2, 0) is 4.79 Å². The lowest BCUT2D eigenvalue weighted by Crippen LogP contribution is -2.24. The fourth-order valence-corrected chi connectivity index (χ4v) is 3.19. The van der Waals surface area contributed by atoms with Crippen molar-refractivity contribution in [3.05, 3.63) is 59.9 Å². The minimum Gasteiger partial charge on any atom is -0.326 e. The zero-order valence-electron chi connectivity index (χ0n) is 15.4. The van der Waals surface area contributed by atoms with Crippen molar-refractivity contribution in [1.29, 1.82) is 0 Å². The van der Waals surface area contributed by atoms with E-state index in [2.05, 4.69) is 20.8 Å². The second-order valence-corrected chi connectivity index (χ2v) is 6.78. The highest BCUT2D eigenvalue weighted by Crippen LogP contribution is 2.25. The monoisotopic (exact) mass is 364 g/mol. The SMILES string of the molecule is C/C(=N\NC(=O)c1cccnc1)c1cccc(NC(=O)C2CCCCC2)c1. The van der Waals surface area contributed by atoms with E-state index in [4.69, 9.17) is 0 Å². The Morgan fingerprint density at radius 3 is 2.59 bits per heavy atom. The van der Waals surface area contributed by atoms with Gasteiger partial charge in [0.15, 0.2) is 0 Å². The Morgan fingerprint density at radius 1 is 1.07 bits per heavy atom. The number of nitrogens with one attached hydrogen (secondary N) is 2. The molecule has 0 saturated heterocycles. The molecule has 6 nitrogen and oxygen atoms in total. The molecule has 2 amide bonds. The molecule has 0 radical (unpaired) electrons. The van der Waals surface area contributed by atoms with Gasteiger partial charge in [-0.05, 0) is 49.6 Å². The molecule has 6 heteroatoms. The van der Waals surface area contributed by atoms with Crippen LogP contribution in [0.5, 0.6) is 0 Å². The fraction of sp³-hybridized carbons (Fsp3) is 0.333. The number of pyridine rings is 1. The summed E-state index contributed by atoms with van der Waals surface area (Å²) in [5.74, 6) is -0.119. The lowest BCUT2D eigenvalue weighted by atomic mass is 9.88. The standard InChI is InChI=1S/C21H24N4O2/c1-15(24-25-21(27)18-10-6-12-22-14-18)17-9-5-11-19(13-17)23-20(26)16-7-3-2-4-8-16/h5-6,9-14,16H,2-4,7-8H2,1H3,(H,23,26)(H,25,27)/b24-15+. The van der Waals surface area contributed by atoms with Crippen molar-refractivity contribution in [3.63, 3.8) is 0 Å². The molecule has 1 aromatic carbocycles. The molecule has 2 N–H and O–H groups in total. The van der Waals surface area contributed by atoms with Gasteiger partial charge in [-0.2, -0.15) is 5.10 Å². The summed E-state index contributed by atoms with van der Waals surface area (Å²) in [5.41, 5.74) is 5.21. The van der Waals surface area contributed by atoms with Crippen LogP contribution in [0.1, 0.15) is 54.9 Å². The van der Waals surface area contributed by atoms with Crippen molar-refractivity contribution in [2.24, 2.45) is 11.0 Å². The molecule has 0 spiro atoms. The van der Waals surface area contributed by atoms with E-state index < -0.39 is 0 Å². The van der Waals surface area contributed by atoms with Crippen molar-refractivity contribution in [3.8, 4) is 0 Å². The largest absolute Gasteiger partial charge is 0.326 e. The van der Waals surface area contributed by atoms with Crippen LogP contribution >= 0.6 is 0 Å². The molecule has 1 saturated carbocycles. The topological polar surface area (TPSA) is 83.4 Å². The Labute approximate surface area is 159 Å². The molecule has 3 rings (SSSR count). The van der Waals surface area contributed by atoms with Gasteiger partial charge < -0.3 is 5.32 Å². The average Bonchev–Trinajstić information content (AvgIpc) is 2.73. The quantitative estimate of drug-likeness (QED) is 0.626. The zero-order valence-corrected chi connectivity index (χ0v) is 15.4. The highest BCUT2D eigenvalue weighted by atomic mass is 16.2. The third-order valence-electron chi connectivity index (χ3n) is 4.77. The van der Waals surface area contributed by atoms with E-state index >= 15 is 0 Å². The molecule has 1 aliphatic carbocycles. The first-order chi connectivity index (χ1) is 13.1. The zero-order chi connectivity index (χ0) is 19.1. The predicted molar refractivity (Wildman–Crippen MR) is 106 cm³/mol. The van der Waals surface area contributed by atoms with E-state index in [0.717, 1.165) is 36.9 Å². The molecule has 2 aromatic rings. The molecule has 1 fully saturated rings. The summed E-state index contributed by atoms with van der Waals surface area (Å²) in [7, 11) is 0. The number of carbonyl (C=O) groups is 2. The van der Waals surface area contributed by atoms with Crippen molar-refractivity contribution in [2.75, 3.05) is 5.32 Å². The second kappa shape index (κ2) is 9.07. The van der Waals surface area contributed by atoms with Gasteiger partial charge in [-0.1, -0.05) is 31.4 Å². The Hall–Kier alpha value is -3.02. The summed E-state index contributed by atoms with van der Waals surface area (Å²) in [6.45, 7) is 1.81. The molecule has 0 aliphatic heterocycles. The third-order valence-corrected chi connectivity index (χ3v) is 4.77. The van der Waals surface area contributed by atoms with Gasteiger partial charge in [-0.3, -0.25) is 14.6 Å². The van der Waals surface area contributed by atoms with Gasteiger partial charge in [0.1, 0.15) is 0 Å². The lowest BCUT2D eigenvalue weighted by molar-refractivity contribution is -0.120. The highest BCUT2D eigenvalue weighted by molar-refractivity contribution is 6.02. The molecule has 0 atom stereocenters. The summed E-state index contributed by atoms with van der Waals surface area (Å²) in [6, 6.07) is 10.9. The summed E-state index contributed by atoms with van der Waals surface area (Å²) in [6.07, 6.45) is 8.50. The number of anilines is 1. The number of hydrazone groups is 1. The van der Waals surface area contributed by atoms with E-state index in [1.54, 1.807) is 18.3 Å². The van der Waals surface area contributed by atoms with Crippen LogP contribution in [0.15, 0.2) is 53.9 Å². The van der Waals surface area contributed by atoms with Crippen LogP contribution in [0.3, 0.4) is 0 Å². The average molecular weight is 364 g/mol. The molecule has 27 heavy (non-hydrogen) atoms. The van der Waals surface area contributed by atoms with E-state index in [9.17, 15) is 9.59 Å². The molecule has 1 heterocycles. The van der Waals surface area contributed by atoms with E-state index in [1.165, 1.54) is 12.6 Å². The maximum atomic E-state index is 12.4. The van der Waals surface area contributed by atoms with E-state index in [0.29, 0.717) is 11.3 Å². The molecule has 140 valence electrons. The maximum Gasteiger partial charge on any atom is 0.272 e. The summed E-state index contributed by atoms with van der Waals surface area (Å²) in [4.78, 5) is 28.4. The van der Waals surface area contributed by atoms with Gasteiger partial charge in [0.2, 0.25) is 5.91 Å². The molecular formula is C21H24N4O2. The lowest BCUT2D eigenvalue weighted by Gasteiger charge is -2.20. The minimum atomic E-state index is -0.316. The number of hydrogen-bond acceptors (Lipinski definition) is 4. The van der Waals surface area contributed by atoms with Crippen LogP contribution < -0.4 is 10.7 Å². The molecular weight excluding hydrogens is 340 g/mol. The third kappa shape index (κ3) is 5.23. The second-order valence-electron chi connectivity index (χ2n) is 6.78. The Balaban J connectivity index is 1.63. The number of hydrogen-bond donors (Lipinski definition) is 2. The Kier molecular flexibility index (Phi) is 6.30. The number of aromatic nitrogens is 1. The maximum absolute atomic E-state index is 12.4. The first-order valence-corrected chi connectivity index (χ1v) is 9.29.